The van der Waals surface area contributed by atoms with E-state index in [0.29, 0.717) is 18.5 Å². The van der Waals surface area contributed by atoms with E-state index in [9.17, 15) is 61.2 Å². The number of carbonyl (C=O) groups is 4. The van der Waals surface area contributed by atoms with Gasteiger partial charge in [-0.05, 0) is 63.4 Å². The third-order valence-corrected chi connectivity index (χ3v) is 10.7. The van der Waals surface area contributed by atoms with Crippen molar-refractivity contribution in [3.63, 3.8) is 0 Å². The van der Waals surface area contributed by atoms with E-state index in [1.807, 2.05) is 18.7 Å². The van der Waals surface area contributed by atoms with Crippen LogP contribution in [-0.4, -0.2) is 111 Å². The number of aliphatic carboxylic acids is 2. The Morgan fingerprint density at radius 3 is 1.63 bits per heavy atom. The van der Waals surface area contributed by atoms with Crippen LogP contribution in [0.2, 0.25) is 0 Å². The Balaban J connectivity index is 0.000000367. The Labute approximate surface area is 310 Å². The first-order valence-electron chi connectivity index (χ1n) is 16.6. The molecule has 296 valence electrons. The van der Waals surface area contributed by atoms with Crippen LogP contribution in [0, 0.1) is 5.92 Å². The van der Waals surface area contributed by atoms with Crippen molar-refractivity contribution in [2.45, 2.75) is 61.9 Å². The molecule has 7 N–H and O–H groups in total. The first kappa shape index (κ1) is 45.6. The summed E-state index contributed by atoms with van der Waals surface area (Å²) >= 11 is 0. The number of sulfone groups is 1. The van der Waals surface area contributed by atoms with Crippen LogP contribution >= 0.6 is 0 Å². The van der Waals surface area contributed by atoms with Crippen molar-refractivity contribution in [3.05, 3.63) is 107 Å². The maximum Gasteiger partial charge on any atom is 0.416 e. The van der Waals surface area contributed by atoms with E-state index in [4.69, 9.17) is 0 Å². The van der Waals surface area contributed by atoms with E-state index in [-0.39, 0.29) is 17.4 Å². The number of ketones is 2. The Morgan fingerprint density at radius 1 is 0.815 bits per heavy atom. The number of Topliss-reactive ketones (excluding diaryl/α,β-unsaturated/α-hetero) is 2. The number of halogens is 3. The summed E-state index contributed by atoms with van der Waals surface area (Å²) < 4.78 is 64.0. The van der Waals surface area contributed by atoms with Crippen molar-refractivity contribution in [1.29, 1.82) is 0 Å². The largest absolute Gasteiger partial charge is 0.479 e. The maximum absolute atomic E-state index is 13.0. The molecule has 0 aromatic heterocycles. The molecule has 0 radical (unpaired) electrons. The van der Waals surface area contributed by atoms with E-state index < -0.39 is 72.8 Å². The average Bonchev–Trinajstić information content (AvgIpc) is 3.12. The molecule has 0 bridgehead atoms. The number of hydrogen-bond acceptors (Lipinski definition) is 10. The standard InChI is InChI=1S/C19H29F3N2O2S.C18H14O8.H2O/c1-4-24(18(27(3,25)26)16-8-10-23-11-9-16)14(2)12-15-6-5-7-17(13-15)19(20,21)22;19-13(11-7-3-1-4-8-11)17(25,15(21)22)18(26,16(23)24)14(20)12-9-5-2-6-10-12;/h5-7,13-14,16,18,23H,4,8-12H2,1-3H3;1-10,25-26H,(H,21,22)(H,23,24);1H2. The van der Waals surface area contributed by atoms with Crippen molar-refractivity contribution in [1.82, 2.24) is 10.2 Å². The number of carboxylic acids is 2. The second-order valence-corrected chi connectivity index (χ2v) is 15.0. The Kier molecular flexibility index (Phi) is 15.8. The molecule has 3 aromatic rings. The summed E-state index contributed by atoms with van der Waals surface area (Å²) in [7, 11) is -3.33. The van der Waals surface area contributed by atoms with Crippen molar-refractivity contribution in [2.75, 3.05) is 25.9 Å². The van der Waals surface area contributed by atoms with Crippen molar-refractivity contribution in [2.24, 2.45) is 5.92 Å². The van der Waals surface area contributed by atoms with Crippen LogP contribution in [0.5, 0.6) is 0 Å². The molecule has 4 rings (SSSR count). The lowest BCUT2D eigenvalue weighted by molar-refractivity contribution is -0.187. The molecule has 1 aliphatic heterocycles. The van der Waals surface area contributed by atoms with Crippen LogP contribution < -0.4 is 5.32 Å². The summed E-state index contributed by atoms with van der Waals surface area (Å²) in [6, 6.07) is 17.9. The van der Waals surface area contributed by atoms with Gasteiger partial charge in [0, 0.05) is 23.4 Å². The van der Waals surface area contributed by atoms with Crippen molar-refractivity contribution in [3.8, 4) is 0 Å². The monoisotopic (exact) mass is 782 g/mol. The number of benzene rings is 3. The third-order valence-electron chi connectivity index (χ3n) is 9.14. The highest BCUT2D eigenvalue weighted by molar-refractivity contribution is 7.91. The molecule has 0 amide bonds. The fraction of sp³-hybridized carbons (Fsp3) is 0.405. The lowest BCUT2D eigenvalue weighted by Gasteiger charge is -2.40. The summed E-state index contributed by atoms with van der Waals surface area (Å²) in [5.74, 6) is -7.99. The number of carbonyl (C=O) groups excluding carboxylic acids is 2. The van der Waals surface area contributed by atoms with Gasteiger partial charge in [-0.2, -0.15) is 13.2 Å². The quantitative estimate of drug-likeness (QED) is 0.117. The molecule has 13 nitrogen and oxygen atoms in total. The summed E-state index contributed by atoms with van der Waals surface area (Å²) in [6.07, 6.45) is -1.18. The van der Waals surface area contributed by atoms with Crippen LogP contribution in [0.15, 0.2) is 84.9 Å². The van der Waals surface area contributed by atoms with Gasteiger partial charge in [-0.15, -0.1) is 0 Å². The first-order chi connectivity index (χ1) is 24.7. The minimum absolute atomic E-state index is 0. The molecule has 0 saturated carbocycles. The lowest BCUT2D eigenvalue weighted by atomic mass is 9.73. The summed E-state index contributed by atoms with van der Waals surface area (Å²) in [5, 5.41) is 42.5. The van der Waals surface area contributed by atoms with Gasteiger partial charge in [0.1, 0.15) is 5.37 Å². The molecule has 0 aliphatic carbocycles. The average molecular weight is 783 g/mol. The molecular formula is C37H45F3N2O11S. The van der Waals surface area contributed by atoms with Crippen LogP contribution in [0.1, 0.15) is 58.5 Å². The van der Waals surface area contributed by atoms with E-state index in [0.717, 1.165) is 62.3 Å². The first-order valence-corrected chi connectivity index (χ1v) is 18.6. The second kappa shape index (κ2) is 18.7. The predicted molar refractivity (Wildman–Crippen MR) is 192 cm³/mol. The van der Waals surface area contributed by atoms with E-state index in [1.54, 1.807) is 6.07 Å². The number of carboxylic acid groups (broad SMARTS) is 2. The predicted octanol–water partition coefficient (Wildman–Crippen LogP) is 2.89. The molecule has 0 spiro atoms. The molecule has 1 saturated heterocycles. The molecule has 1 fully saturated rings. The number of aliphatic hydroxyl groups is 2. The van der Waals surface area contributed by atoms with Crippen molar-refractivity contribution >= 4 is 33.3 Å². The van der Waals surface area contributed by atoms with E-state index >= 15 is 0 Å². The van der Waals surface area contributed by atoms with Gasteiger partial charge in [-0.1, -0.05) is 85.8 Å². The van der Waals surface area contributed by atoms with Crippen LogP contribution in [0.25, 0.3) is 0 Å². The summed E-state index contributed by atoms with van der Waals surface area (Å²) in [6.45, 7) is 5.90. The number of hydrogen-bond donors (Lipinski definition) is 5. The number of nitrogens with zero attached hydrogens (tertiary/aromatic N) is 1. The fourth-order valence-corrected chi connectivity index (χ4v) is 8.32. The molecule has 3 aromatic carbocycles. The molecule has 1 heterocycles. The number of nitrogens with one attached hydrogen (secondary N) is 1. The Bertz CT molecular complexity index is 1780. The van der Waals surface area contributed by atoms with Crippen molar-refractivity contribution < 1.29 is 66.7 Å². The number of piperidine rings is 1. The van der Waals surface area contributed by atoms with Gasteiger partial charge in [-0.3, -0.25) is 14.5 Å². The zero-order valence-corrected chi connectivity index (χ0v) is 30.6. The van der Waals surface area contributed by atoms with Gasteiger partial charge in [0.25, 0.3) is 11.2 Å². The third kappa shape index (κ3) is 10.2. The van der Waals surface area contributed by atoms with Crippen LogP contribution in [0.3, 0.4) is 0 Å². The van der Waals surface area contributed by atoms with Gasteiger partial charge in [0.15, 0.2) is 9.84 Å². The van der Waals surface area contributed by atoms with Gasteiger partial charge >= 0.3 is 18.1 Å². The van der Waals surface area contributed by atoms with Crippen LogP contribution in [0.4, 0.5) is 13.2 Å². The van der Waals surface area contributed by atoms with Gasteiger partial charge in [0.2, 0.25) is 11.6 Å². The maximum atomic E-state index is 13.0. The highest BCUT2D eigenvalue weighted by atomic mass is 32.2. The highest BCUT2D eigenvalue weighted by Crippen LogP contribution is 2.33. The number of likely N-dealkylation sites (N-methyl/N-ethyl adjacent to an activating group) is 1. The fourth-order valence-electron chi connectivity index (χ4n) is 6.50. The lowest BCUT2D eigenvalue weighted by Crippen LogP contribution is -2.71. The second-order valence-electron chi connectivity index (χ2n) is 12.8. The van der Waals surface area contributed by atoms with Gasteiger partial charge in [0.05, 0.1) is 5.56 Å². The molecule has 4 unspecified atom stereocenters. The Hall–Kier alpha value is -4.52. The summed E-state index contributed by atoms with van der Waals surface area (Å²) in [5.41, 5.74) is -8.79. The molecule has 17 heteroatoms. The molecule has 1 aliphatic rings. The molecule has 4 atom stereocenters. The Morgan fingerprint density at radius 2 is 1.26 bits per heavy atom. The van der Waals surface area contributed by atoms with Crippen LogP contribution in [-0.2, 0) is 32.0 Å². The smallest absolute Gasteiger partial charge is 0.416 e. The molecule has 54 heavy (non-hydrogen) atoms. The van der Waals surface area contributed by atoms with Gasteiger partial charge < -0.3 is 31.2 Å². The minimum atomic E-state index is -4.38. The molecular weight excluding hydrogens is 737 g/mol. The zero-order chi connectivity index (χ0) is 39.8. The number of rotatable bonds is 14. The minimum Gasteiger partial charge on any atom is -0.479 e. The van der Waals surface area contributed by atoms with E-state index in [1.165, 1.54) is 48.7 Å². The highest BCUT2D eigenvalue weighted by Gasteiger charge is 2.69. The topological polar surface area (TPSA) is 230 Å². The van der Waals surface area contributed by atoms with Gasteiger partial charge in [-0.25, -0.2) is 18.0 Å². The van der Waals surface area contributed by atoms with E-state index in [2.05, 4.69) is 5.32 Å². The SMILES string of the molecule is CCN(C(C)Cc1cccc(C(F)(F)F)c1)C(C1CCNCC1)S(C)(=O)=O.O.O=C(O)C(O)(C(=O)c1ccccc1)C(O)(C(=O)O)C(=O)c1ccccc1. The summed E-state index contributed by atoms with van der Waals surface area (Å²) in [4.78, 5) is 50.5. The number of alkyl halides is 3. The normalized spacial score (nSPS) is 17.0. The zero-order valence-electron chi connectivity index (χ0n) is 29.8.